The van der Waals surface area contributed by atoms with Crippen molar-refractivity contribution < 1.29 is 0 Å². The van der Waals surface area contributed by atoms with E-state index >= 15 is 0 Å². The van der Waals surface area contributed by atoms with E-state index in [1.54, 1.807) is 11.3 Å². The Morgan fingerprint density at radius 2 is 2.11 bits per heavy atom. The Hall–Kier alpha value is -1.19. The minimum absolute atomic E-state index is 0.591. The van der Waals surface area contributed by atoms with E-state index in [-0.39, 0.29) is 0 Å². The molecule has 1 atom stereocenters. The van der Waals surface area contributed by atoms with Gasteiger partial charge < -0.3 is 5.32 Å². The molecule has 0 radical (unpaired) electrons. The molecule has 0 amide bonds. The Balaban J connectivity index is 1.96. The Morgan fingerprint density at radius 1 is 1.28 bits per heavy atom. The van der Waals surface area contributed by atoms with Crippen LogP contribution in [-0.4, -0.2) is 18.1 Å². The molecule has 0 fully saturated rings. The number of aromatic nitrogens is 1. The molecular formula is C15H20N2S. The predicted octanol–water partition coefficient (Wildman–Crippen LogP) is 3.47. The van der Waals surface area contributed by atoms with Gasteiger partial charge in [-0.3, -0.25) is 4.98 Å². The summed E-state index contributed by atoms with van der Waals surface area (Å²) < 4.78 is 0. The molecule has 0 aliphatic rings. The van der Waals surface area contributed by atoms with Crippen molar-refractivity contribution in [2.45, 2.75) is 25.7 Å². The first-order chi connectivity index (χ1) is 8.90. The molecule has 1 heterocycles. The number of rotatable bonds is 7. The molecular weight excluding hydrogens is 240 g/mol. The number of nitrogens with zero attached hydrogens (tertiary/aromatic N) is 1. The van der Waals surface area contributed by atoms with Gasteiger partial charge in [-0.25, -0.2) is 0 Å². The standard InChI is InChI=1S/C15H20N2S/c1-2-16-10-14(13-6-4-3-5-7-13)8-9-15-11-17-12-18-15/h3-7,11-12,14,16H,2,8-10H2,1H3. The predicted molar refractivity (Wildman–Crippen MR) is 78.2 cm³/mol. The normalized spacial score (nSPS) is 12.5. The summed E-state index contributed by atoms with van der Waals surface area (Å²) in [6, 6.07) is 10.8. The van der Waals surface area contributed by atoms with Crippen LogP contribution in [0.1, 0.15) is 29.7 Å². The molecule has 2 aromatic rings. The van der Waals surface area contributed by atoms with Crippen molar-refractivity contribution in [3.63, 3.8) is 0 Å². The van der Waals surface area contributed by atoms with Crippen molar-refractivity contribution in [2.24, 2.45) is 0 Å². The molecule has 1 unspecified atom stereocenters. The van der Waals surface area contributed by atoms with E-state index in [9.17, 15) is 0 Å². The van der Waals surface area contributed by atoms with E-state index in [4.69, 9.17) is 0 Å². The van der Waals surface area contributed by atoms with Crippen LogP contribution in [0.3, 0.4) is 0 Å². The van der Waals surface area contributed by atoms with E-state index in [2.05, 4.69) is 47.6 Å². The second-order valence-corrected chi connectivity index (χ2v) is 5.39. The quantitative estimate of drug-likeness (QED) is 0.824. The summed E-state index contributed by atoms with van der Waals surface area (Å²) in [4.78, 5) is 5.52. The van der Waals surface area contributed by atoms with Crippen molar-refractivity contribution in [1.29, 1.82) is 0 Å². The van der Waals surface area contributed by atoms with E-state index < -0.39 is 0 Å². The van der Waals surface area contributed by atoms with Crippen LogP contribution in [0.15, 0.2) is 42.0 Å². The first-order valence-electron chi connectivity index (χ1n) is 6.53. The number of hydrogen-bond donors (Lipinski definition) is 1. The van der Waals surface area contributed by atoms with Gasteiger partial charge in [-0.2, -0.15) is 0 Å². The molecule has 2 nitrogen and oxygen atoms in total. The van der Waals surface area contributed by atoms with Crippen molar-refractivity contribution in [1.82, 2.24) is 10.3 Å². The molecule has 1 N–H and O–H groups in total. The third kappa shape index (κ3) is 3.93. The first-order valence-corrected chi connectivity index (χ1v) is 7.41. The van der Waals surface area contributed by atoms with Crippen LogP contribution in [0.2, 0.25) is 0 Å². The zero-order valence-corrected chi connectivity index (χ0v) is 11.6. The molecule has 2 rings (SSSR count). The van der Waals surface area contributed by atoms with Gasteiger partial charge in [0.2, 0.25) is 0 Å². The lowest BCUT2D eigenvalue weighted by atomic mass is 9.94. The summed E-state index contributed by atoms with van der Waals surface area (Å²) in [7, 11) is 0. The zero-order chi connectivity index (χ0) is 12.6. The summed E-state index contributed by atoms with van der Waals surface area (Å²) in [6.07, 6.45) is 4.29. The van der Waals surface area contributed by atoms with Gasteiger partial charge in [0, 0.05) is 17.6 Å². The zero-order valence-electron chi connectivity index (χ0n) is 10.8. The van der Waals surface area contributed by atoms with Crippen LogP contribution in [0.25, 0.3) is 0 Å². The summed E-state index contributed by atoms with van der Waals surface area (Å²) in [5.74, 6) is 0.591. The molecule has 0 aliphatic heterocycles. The first kappa shape index (κ1) is 13.2. The highest BCUT2D eigenvalue weighted by molar-refractivity contribution is 7.09. The number of likely N-dealkylation sites (N-methyl/N-ethyl adjacent to an activating group) is 1. The molecule has 0 bridgehead atoms. The molecule has 0 saturated carbocycles. The molecule has 0 saturated heterocycles. The molecule has 0 spiro atoms. The van der Waals surface area contributed by atoms with E-state index in [1.807, 2.05) is 11.7 Å². The van der Waals surface area contributed by atoms with Gasteiger partial charge in [0.05, 0.1) is 5.51 Å². The van der Waals surface area contributed by atoms with E-state index in [1.165, 1.54) is 16.9 Å². The maximum atomic E-state index is 4.14. The van der Waals surface area contributed by atoms with Gasteiger partial charge in [-0.15, -0.1) is 11.3 Å². The average Bonchev–Trinajstić information content (AvgIpc) is 2.93. The highest BCUT2D eigenvalue weighted by atomic mass is 32.1. The number of nitrogens with one attached hydrogen (secondary N) is 1. The van der Waals surface area contributed by atoms with Gasteiger partial charge in [-0.1, -0.05) is 37.3 Å². The molecule has 18 heavy (non-hydrogen) atoms. The Bertz CT molecular complexity index is 425. The monoisotopic (exact) mass is 260 g/mol. The van der Waals surface area contributed by atoms with Crippen LogP contribution in [0, 0.1) is 0 Å². The lowest BCUT2D eigenvalue weighted by Gasteiger charge is -2.17. The molecule has 0 aliphatic carbocycles. The molecule has 3 heteroatoms. The van der Waals surface area contributed by atoms with Crippen LogP contribution in [-0.2, 0) is 6.42 Å². The van der Waals surface area contributed by atoms with Crippen LogP contribution in [0.5, 0.6) is 0 Å². The number of aryl methyl sites for hydroxylation is 1. The number of benzene rings is 1. The lowest BCUT2D eigenvalue weighted by Crippen LogP contribution is -2.21. The Labute approximate surface area is 113 Å². The SMILES string of the molecule is CCNCC(CCc1cncs1)c1ccccc1. The van der Waals surface area contributed by atoms with E-state index in [0.29, 0.717) is 5.92 Å². The minimum atomic E-state index is 0.591. The number of thiazole rings is 1. The Kier molecular flexibility index (Phi) is 5.36. The largest absolute Gasteiger partial charge is 0.316 e. The van der Waals surface area contributed by atoms with Crippen molar-refractivity contribution in [3.05, 3.63) is 52.5 Å². The maximum Gasteiger partial charge on any atom is 0.0794 e. The van der Waals surface area contributed by atoms with E-state index in [0.717, 1.165) is 19.5 Å². The lowest BCUT2D eigenvalue weighted by molar-refractivity contribution is 0.563. The molecule has 1 aromatic heterocycles. The minimum Gasteiger partial charge on any atom is -0.316 e. The van der Waals surface area contributed by atoms with Gasteiger partial charge in [-0.05, 0) is 30.9 Å². The fraction of sp³-hybridized carbons (Fsp3) is 0.400. The van der Waals surface area contributed by atoms with Gasteiger partial charge in [0.15, 0.2) is 0 Å². The van der Waals surface area contributed by atoms with Gasteiger partial charge in [0.1, 0.15) is 0 Å². The van der Waals surface area contributed by atoms with Gasteiger partial charge >= 0.3 is 0 Å². The highest BCUT2D eigenvalue weighted by Gasteiger charge is 2.11. The van der Waals surface area contributed by atoms with Crippen LogP contribution < -0.4 is 5.32 Å². The summed E-state index contributed by atoms with van der Waals surface area (Å²) in [5, 5.41) is 3.46. The second kappa shape index (κ2) is 7.29. The van der Waals surface area contributed by atoms with Crippen molar-refractivity contribution >= 4 is 11.3 Å². The van der Waals surface area contributed by atoms with Gasteiger partial charge in [0.25, 0.3) is 0 Å². The summed E-state index contributed by atoms with van der Waals surface area (Å²) >= 11 is 1.75. The van der Waals surface area contributed by atoms with Crippen LogP contribution in [0.4, 0.5) is 0 Å². The Morgan fingerprint density at radius 3 is 2.78 bits per heavy atom. The molecule has 96 valence electrons. The highest BCUT2D eigenvalue weighted by Crippen LogP contribution is 2.22. The topological polar surface area (TPSA) is 24.9 Å². The average molecular weight is 260 g/mol. The van der Waals surface area contributed by atoms with Crippen molar-refractivity contribution in [3.8, 4) is 0 Å². The maximum absolute atomic E-state index is 4.14. The third-order valence-electron chi connectivity index (χ3n) is 3.13. The molecule has 1 aromatic carbocycles. The smallest absolute Gasteiger partial charge is 0.0794 e. The third-order valence-corrected chi connectivity index (χ3v) is 3.97. The summed E-state index contributed by atoms with van der Waals surface area (Å²) in [5.41, 5.74) is 3.35. The van der Waals surface area contributed by atoms with Crippen molar-refractivity contribution in [2.75, 3.05) is 13.1 Å². The number of hydrogen-bond acceptors (Lipinski definition) is 3. The summed E-state index contributed by atoms with van der Waals surface area (Å²) in [6.45, 7) is 4.24. The second-order valence-electron chi connectivity index (χ2n) is 4.42. The fourth-order valence-electron chi connectivity index (χ4n) is 2.11. The van der Waals surface area contributed by atoms with Crippen LogP contribution >= 0.6 is 11.3 Å². The fourth-order valence-corrected chi connectivity index (χ4v) is 2.73.